The van der Waals surface area contributed by atoms with Crippen LogP contribution in [0.25, 0.3) is 0 Å². The normalized spacial score (nSPS) is 17.9. The number of hydrogen-bond acceptors (Lipinski definition) is 5. The van der Waals surface area contributed by atoms with Crippen molar-refractivity contribution in [2.45, 2.75) is 32.1 Å². The van der Waals surface area contributed by atoms with Crippen molar-refractivity contribution in [2.24, 2.45) is 5.92 Å². The molecule has 1 aliphatic heterocycles. The number of amides is 1. The fraction of sp³-hybridized carbons (Fsp3) is 0.455. The summed E-state index contributed by atoms with van der Waals surface area (Å²) in [5.74, 6) is 0.849. The molecule has 2 fully saturated rings. The maximum Gasteiger partial charge on any atom is 0.228 e. The molecule has 2 N–H and O–H groups in total. The summed E-state index contributed by atoms with van der Waals surface area (Å²) in [5, 5.41) is 6.42. The molecule has 0 bridgehead atoms. The van der Waals surface area contributed by atoms with Gasteiger partial charge >= 0.3 is 0 Å². The van der Waals surface area contributed by atoms with Crippen molar-refractivity contribution in [2.75, 3.05) is 41.8 Å². The molecule has 0 unspecified atom stereocenters. The molecule has 0 atom stereocenters. The molecule has 2 heterocycles. The largest absolute Gasteiger partial charge is 0.378 e. The molecular formula is C22H28N4O2. The lowest BCUT2D eigenvalue weighted by Gasteiger charge is -2.30. The Bertz CT molecular complexity index is 781. The standard InChI is InChI=1S/C22H28N4O2/c27-22(17-6-2-1-3-7-17)25-21-11-10-18(16-23-21)24-19-8-4-5-9-20(19)26-12-14-28-15-13-26/h4-5,8-11,16-17,24H,1-3,6-7,12-15H2,(H,23,25,27). The molecule has 2 aromatic rings. The maximum atomic E-state index is 12.4. The van der Waals surface area contributed by atoms with E-state index in [9.17, 15) is 4.79 Å². The Kier molecular flexibility index (Phi) is 6.07. The van der Waals surface area contributed by atoms with Crippen molar-refractivity contribution in [3.8, 4) is 0 Å². The fourth-order valence-corrected chi connectivity index (χ4v) is 3.95. The van der Waals surface area contributed by atoms with Crippen LogP contribution < -0.4 is 15.5 Å². The first-order valence-electron chi connectivity index (χ1n) is 10.3. The Morgan fingerprint density at radius 2 is 1.82 bits per heavy atom. The number of hydrogen-bond donors (Lipinski definition) is 2. The van der Waals surface area contributed by atoms with Crippen LogP contribution in [-0.2, 0) is 9.53 Å². The van der Waals surface area contributed by atoms with E-state index in [1.165, 1.54) is 12.1 Å². The van der Waals surface area contributed by atoms with Crippen molar-refractivity contribution in [3.63, 3.8) is 0 Å². The van der Waals surface area contributed by atoms with Crippen LogP contribution in [0.3, 0.4) is 0 Å². The monoisotopic (exact) mass is 380 g/mol. The van der Waals surface area contributed by atoms with E-state index in [-0.39, 0.29) is 11.8 Å². The van der Waals surface area contributed by atoms with E-state index in [2.05, 4.69) is 38.7 Å². The number of para-hydroxylation sites is 2. The highest BCUT2D eigenvalue weighted by molar-refractivity contribution is 5.91. The number of benzene rings is 1. The Morgan fingerprint density at radius 1 is 1.04 bits per heavy atom. The lowest BCUT2D eigenvalue weighted by Crippen LogP contribution is -2.36. The zero-order chi connectivity index (χ0) is 19.2. The molecule has 148 valence electrons. The Balaban J connectivity index is 1.40. The Morgan fingerprint density at radius 3 is 2.57 bits per heavy atom. The predicted octanol–water partition coefficient (Wildman–Crippen LogP) is 4.18. The molecule has 1 saturated carbocycles. The van der Waals surface area contributed by atoms with Crippen molar-refractivity contribution in [1.82, 2.24) is 4.98 Å². The van der Waals surface area contributed by atoms with E-state index < -0.39 is 0 Å². The highest BCUT2D eigenvalue weighted by atomic mass is 16.5. The van der Waals surface area contributed by atoms with Gasteiger partial charge in [0.1, 0.15) is 5.82 Å². The zero-order valence-corrected chi connectivity index (χ0v) is 16.2. The van der Waals surface area contributed by atoms with Crippen LogP contribution in [0.4, 0.5) is 22.9 Å². The number of morpholine rings is 1. The lowest BCUT2D eigenvalue weighted by atomic mass is 9.89. The molecule has 1 saturated heterocycles. The van der Waals surface area contributed by atoms with Crippen LogP contribution in [0.5, 0.6) is 0 Å². The number of anilines is 4. The van der Waals surface area contributed by atoms with E-state index in [0.717, 1.165) is 63.4 Å². The summed E-state index contributed by atoms with van der Waals surface area (Å²) in [4.78, 5) is 19.1. The van der Waals surface area contributed by atoms with Gasteiger partial charge < -0.3 is 20.3 Å². The second kappa shape index (κ2) is 9.06. The average Bonchev–Trinajstić information content (AvgIpc) is 2.77. The minimum absolute atomic E-state index is 0.102. The van der Waals surface area contributed by atoms with Crippen molar-refractivity contribution < 1.29 is 9.53 Å². The third kappa shape index (κ3) is 4.62. The number of carbonyl (C=O) groups excluding carboxylic acids is 1. The first-order valence-corrected chi connectivity index (χ1v) is 10.3. The molecule has 2 aliphatic rings. The number of rotatable bonds is 5. The highest BCUT2D eigenvalue weighted by Crippen LogP contribution is 2.29. The first-order chi connectivity index (χ1) is 13.8. The van der Waals surface area contributed by atoms with E-state index in [1.807, 2.05) is 18.2 Å². The molecule has 4 rings (SSSR count). The van der Waals surface area contributed by atoms with Gasteiger partial charge in [0.2, 0.25) is 5.91 Å². The molecule has 1 aromatic carbocycles. The summed E-state index contributed by atoms with van der Waals surface area (Å²) in [6.07, 6.45) is 7.29. The molecule has 1 aromatic heterocycles. The van der Waals surface area contributed by atoms with Crippen LogP contribution >= 0.6 is 0 Å². The van der Waals surface area contributed by atoms with Gasteiger partial charge in [0.25, 0.3) is 0 Å². The summed E-state index contributed by atoms with van der Waals surface area (Å²) in [6.45, 7) is 3.29. The molecule has 1 amide bonds. The van der Waals surface area contributed by atoms with Crippen LogP contribution in [0, 0.1) is 5.92 Å². The number of aromatic nitrogens is 1. The molecular weight excluding hydrogens is 352 g/mol. The second-order valence-electron chi connectivity index (χ2n) is 7.50. The maximum absolute atomic E-state index is 12.4. The summed E-state index contributed by atoms with van der Waals surface area (Å²) in [5.41, 5.74) is 3.11. The van der Waals surface area contributed by atoms with Gasteiger partial charge in [0.15, 0.2) is 0 Å². The molecule has 6 nitrogen and oxygen atoms in total. The second-order valence-corrected chi connectivity index (χ2v) is 7.50. The highest BCUT2D eigenvalue weighted by Gasteiger charge is 2.21. The number of carbonyl (C=O) groups is 1. The van der Waals surface area contributed by atoms with Gasteiger partial charge in [0.05, 0.1) is 36.5 Å². The number of pyridine rings is 1. The minimum atomic E-state index is 0.102. The van der Waals surface area contributed by atoms with E-state index >= 15 is 0 Å². The van der Waals surface area contributed by atoms with Gasteiger partial charge in [-0.3, -0.25) is 4.79 Å². The average molecular weight is 380 g/mol. The van der Waals surface area contributed by atoms with Crippen molar-refractivity contribution in [1.29, 1.82) is 0 Å². The van der Waals surface area contributed by atoms with Gasteiger partial charge in [-0.2, -0.15) is 0 Å². The van der Waals surface area contributed by atoms with Crippen LogP contribution in [0.1, 0.15) is 32.1 Å². The predicted molar refractivity (Wildman–Crippen MR) is 112 cm³/mol. The quantitative estimate of drug-likeness (QED) is 0.815. The smallest absolute Gasteiger partial charge is 0.228 e. The Hall–Kier alpha value is -2.60. The van der Waals surface area contributed by atoms with Gasteiger partial charge in [-0.05, 0) is 37.1 Å². The third-order valence-electron chi connectivity index (χ3n) is 5.53. The fourth-order valence-electron chi connectivity index (χ4n) is 3.95. The summed E-state index contributed by atoms with van der Waals surface area (Å²) < 4.78 is 5.46. The van der Waals surface area contributed by atoms with Gasteiger partial charge in [0, 0.05) is 19.0 Å². The topological polar surface area (TPSA) is 66.5 Å². The molecule has 0 radical (unpaired) electrons. The molecule has 0 spiro atoms. The van der Waals surface area contributed by atoms with Crippen LogP contribution in [0.15, 0.2) is 42.6 Å². The Labute approximate surface area is 166 Å². The lowest BCUT2D eigenvalue weighted by molar-refractivity contribution is -0.120. The van der Waals surface area contributed by atoms with E-state index in [1.54, 1.807) is 6.20 Å². The summed E-state index contributed by atoms with van der Waals surface area (Å²) in [6, 6.07) is 12.1. The number of nitrogens with one attached hydrogen (secondary N) is 2. The van der Waals surface area contributed by atoms with Gasteiger partial charge in [-0.25, -0.2) is 4.98 Å². The summed E-state index contributed by atoms with van der Waals surface area (Å²) in [7, 11) is 0. The molecule has 6 heteroatoms. The van der Waals surface area contributed by atoms with Crippen LogP contribution in [-0.4, -0.2) is 37.2 Å². The van der Waals surface area contributed by atoms with Gasteiger partial charge in [-0.1, -0.05) is 31.4 Å². The first kappa shape index (κ1) is 18.7. The SMILES string of the molecule is O=C(Nc1ccc(Nc2ccccc2N2CCOCC2)cn1)C1CCCCC1. The van der Waals surface area contributed by atoms with Crippen molar-refractivity contribution in [3.05, 3.63) is 42.6 Å². The van der Waals surface area contributed by atoms with E-state index in [4.69, 9.17) is 4.74 Å². The van der Waals surface area contributed by atoms with Crippen molar-refractivity contribution >= 4 is 28.8 Å². The third-order valence-corrected chi connectivity index (χ3v) is 5.53. The zero-order valence-electron chi connectivity index (χ0n) is 16.2. The van der Waals surface area contributed by atoms with Gasteiger partial charge in [-0.15, -0.1) is 0 Å². The molecule has 28 heavy (non-hydrogen) atoms. The number of ether oxygens (including phenoxy) is 1. The summed E-state index contributed by atoms with van der Waals surface area (Å²) >= 11 is 0. The molecule has 1 aliphatic carbocycles. The van der Waals surface area contributed by atoms with Crippen LogP contribution in [0.2, 0.25) is 0 Å². The minimum Gasteiger partial charge on any atom is -0.378 e. The van der Waals surface area contributed by atoms with E-state index in [0.29, 0.717) is 5.82 Å². The number of nitrogens with zero attached hydrogens (tertiary/aromatic N) is 2.